The molecule has 5 heteroatoms. The van der Waals surface area contributed by atoms with E-state index in [0.29, 0.717) is 6.42 Å². The molecule has 48 heavy (non-hydrogen) atoms. The van der Waals surface area contributed by atoms with E-state index in [1.165, 1.54) is 0 Å². The summed E-state index contributed by atoms with van der Waals surface area (Å²) in [6.07, 6.45) is 2.86. The molecule has 5 aromatic carbocycles. The molecule has 5 nitrogen and oxygen atoms in total. The lowest BCUT2D eigenvalue weighted by molar-refractivity contribution is -0.555. The molecule has 0 saturated carbocycles. The Kier molecular flexibility index (Phi) is 7.18. The van der Waals surface area contributed by atoms with Crippen LogP contribution < -0.4 is 9.47 Å². The average molecular weight is 626 g/mol. The Hall–Kier alpha value is -5.94. The summed E-state index contributed by atoms with van der Waals surface area (Å²) >= 11 is 0. The molecule has 0 amide bonds. The smallest absolute Gasteiger partial charge is 0.304 e. The Morgan fingerprint density at radius 1 is 0.875 bits per heavy atom. The van der Waals surface area contributed by atoms with Crippen molar-refractivity contribution in [2.45, 2.75) is 19.4 Å². The zero-order chi connectivity index (χ0) is 32.9. The number of furan rings is 1. The Labute approximate surface area is 280 Å². The van der Waals surface area contributed by atoms with Gasteiger partial charge in [0.25, 0.3) is 0 Å². The zero-order valence-corrected chi connectivity index (χ0v) is 27.3. The number of aliphatic imine (C=N–C) groups is 1. The number of rotatable bonds is 6. The first-order valence-corrected chi connectivity index (χ1v) is 16.3. The number of nitrogens with zero attached hydrogens (tertiary/aromatic N) is 4. The van der Waals surface area contributed by atoms with Crippen LogP contribution >= 0.6 is 0 Å². The molecule has 0 N–H and O–H groups in total. The van der Waals surface area contributed by atoms with E-state index in [-0.39, 0.29) is 12.0 Å². The van der Waals surface area contributed by atoms with Gasteiger partial charge in [-0.2, -0.15) is 9.13 Å². The molecular formula is C43H37N4O+. The minimum absolute atomic E-state index is 0.103. The molecule has 0 saturated heterocycles. The third kappa shape index (κ3) is 4.62. The molecule has 0 radical (unpaired) electrons. The molecule has 1 aliphatic rings. The number of para-hydroxylation sites is 5. The van der Waals surface area contributed by atoms with Crippen LogP contribution in [0, 0.1) is 5.92 Å². The second-order valence-corrected chi connectivity index (χ2v) is 12.6. The number of hydrogen-bond acceptors (Lipinski definition) is 3. The highest BCUT2D eigenvalue weighted by Gasteiger charge is 2.40. The fraction of sp³-hybridized carbons (Fsp3) is 0.116. The highest BCUT2D eigenvalue weighted by Crippen LogP contribution is 2.44. The van der Waals surface area contributed by atoms with Crippen LogP contribution in [0.2, 0.25) is 0 Å². The lowest BCUT2D eigenvalue weighted by atomic mass is 9.81. The Morgan fingerprint density at radius 3 is 2.33 bits per heavy atom. The van der Waals surface area contributed by atoms with Crippen molar-refractivity contribution in [2.24, 2.45) is 10.9 Å². The van der Waals surface area contributed by atoms with Crippen molar-refractivity contribution >= 4 is 51.1 Å². The van der Waals surface area contributed by atoms with Crippen LogP contribution in [0.4, 0.5) is 5.69 Å². The summed E-state index contributed by atoms with van der Waals surface area (Å²) in [6.45, 7) is 15.7. The van der Waals surface area contributed by atoms with E-state index < -0.39 is 0 Å². The predicted molar refractivity (Wildman–Crippen MR) is 200 cm³/mol. The van der Waals surface area contributed by atoms with Gasteiger partial charge >= 0.3 is 5.82 Å². The molecule has 8 rings (SSSR count). The van der Waals surface area contributed by atoms with E-state index in [1.807, 2.05) is 18.2 Å². The van der Waals surface area contributed by atoms with Crippen LogP contribution in [-0.4, -0.2) is 24.4 Å². The summed E-state index contributed by atoms with van der Waals surface area (Å²) < 4.78 is 11.4. The first kappa shape index (κ1) is 29.5. The van der Waals surface area contributed by atoms with Gasteiger partial charge in [0.05, 0.1) is 0 Å². The topological polar surface area (TPSA) is 37.6 Å². The average Bonchev–Trinajstić information content (AvgIpc) is 3.67. The summed E-state index contributed by atoms with van der Waals surface area (Å²) in [6, 6.07) is 41.8. The first-order chi connectivity index (χ1) is 23.5. The summed E-state index contributed by atoms with van der Waals surface area (Å²) in [4.78, 5) is 6.98. The second-order valence-electron chi connectivity index (χ2n) is 12.6. The van der Waals surface area contributed by atoms with Gasteiger partial charge in [-0.15, -0.1) is 0 Å². The zero-order valence-electron chi connectivity index (χ0n) is 27.3. The van der Waals surface area contributed by atoms with E-state index in [4.69, 9.17) is 16.0 Å². The van der Waals surface area contributed by atoms with E-state index >= 15 is 0 Å². The van der Waals surface area contributed by atoms with Gasteiger partial charge in [-0.3, -0.25) is 4.99 Å². The molecule has 0 bridgehead atoms. The maximum Gasteiger partial charge on any atom is 0.304 e. The highest BCUT2D eigenvalue weighted by atomic mass is 16.3. The van der Waals surface area contributed by atoms with E-state index in [0.717, 1.165) is 78.3 Å². The van der Waals surface area contributed by atoms with E-state index in [2.05, 4.69) is 151 Å². The molecule has 2 aromatic heterocycles. The summed E-state index contributed by atoms with van der Waals surface area (Å²) in [7, 11) is 2.09. The summed E-state index contributed by atoms with van der Waals surface area (Å²) in [5.41, 5.74) is 11.1. The number of anilines is 1. The van der Waals surface area contributed by atoms with Crippen LogP contribution in [0.1, 0.15) is 12.5 Å². The molecular weight excluding hydrogens is 589 g/mol. The number of hydrogen-bond donors (Lipinski definition) is 0. The highest BCUT2D eigenvalue weighted by molar-refractivity contribution is 6.10. The largest absolute Gasteiger partial charge is 0.455 e. The molecule has 234 valence electrons. The minimum atomic E-state index is -0.332. The first-order valence-electron chi connectivity index (χ1n) is 16.3. The van der Waals surface area contributed by atoms with Gasteiger partial charge in [-0.25, -0.2) is 0 Å². The normalized spacial score (nSPS) is 16.4. The molecule has 0 spiro atoms. The van der Waals surface area contributed by atoms with Gasteiger partial charge in [-0.1, -0.05) is 92.0 Å². The van der Waals surface area contributed by atoms with Crippen molar-refractivity contribution in [1.82, 2.24) is 4.57 Å². The van der Waals surface area contributed by atoms with Gasteiger partial charge < -0.3 is 9.32 Å². The number of imidazole rings is 1. The lowest BCUT2D eigenvalue weighted by Gasteiger charge is -2.29. The second kappa shape index (κ2) is 11.7. The summed E-state index contributed by atoms with van der Waals surface area (Å²) in [5.74, 6) is 0.884. The van der Waals surface area contributed by atoms with Crippen molar-refractivity contribution < 1.29 is 8.98 Å². The lowest BCUT2D eigenvalue weighted by Crippen LogP contribution is -2.35. The maximum atomic E-state index is 6.79. The van der Waals surface area contributed by atoms with Crippen molar-refractivity contribution in [3.05, 3.63) is 157 Å². The molecule has 1 aliphatic heterocycles. The van der Waals surface area contributed by atoms with Gasteiger partial charge in [0.15, 0.2) is 16.6 Å². The minimum Gasteiger partial charge on any atom is -0.455 e. The van der Waals surface area contributed by atoms with Crippen molar-refractivity contribution in [3.8, 4) is 17.1 Å². The van der Waals surface area contributed by atoms with E-state index in [1.54, 1.807) is 0 Å². The van der Waals surface area contributed by atoms with Crippen LogP contribution in [0.15, 0.2) is 161 Å². The Bertz CT molecular complexity index is 2410. The Balaban J connectivity index is 1.41. The summed E-state index contributed by atoms with van der Waals surface area (Å²) in [5, 5.41) is 2.18. The SMILES string of the molecule is C=NC1C(=C)n2c([n+](-c3ccccc3)c3ccccc32)-c2c(ccc3c2oc2ccccc23)CC1C(=C)/C=C(\C)N(C)c1ccccc1. The molecule has 3 heterocycles. The molecule has 0 aliphatic carbocycles. The number of aromatic nitrogens is 2. The number of benzene rings is 5. The Morgan fingerprint density at radius 2 is 1.56 bits per heavy atom. The standard InChI is InChI=1S/C43H37N4O/c1-28(26-29(2)45(5)32-16-8-6-9-17-32)36-27-31-24-25-35-34-20-12-15-23-39(34)48-42(35)40(31)43-46(30(3)41(36)44-4)37-21-13-14-22-38(37)47(43)33-18-10-7-11-19-33/h6-26,36,41H,1,3-4,27H2,2,5H3/q+1/b29-26+. The van der Waals surface area contributed by atoms with Crippen LogP contribution in [0.5, 0.6) is 0 Å². The predicted octanol–water partition coefficient (Wildman–Crippen LogP) is 9.79. The van der Waals surface area contributed by atoms with Gasteiger partial charge in [0.2, 0.25) is 0 Å². The molecule has 2 atom stereocenters. The molecule has 7 aromatic rings. The third-order valence-corrected chi connectivity index (χ3v) is 9.85. The quantitative estimate of drug-likeness (QED) is 0.105. The van der Waals surface area contributed by atoms with Crippen LogP contribution in [0.25, 0.3) is 55.7 Å². The van der Waals surface area contributed by atoms with Crippen LogP contribution in [0.3, 0.4) is 0 Å². The van der Waals surface area contributed by atoms with E-state index in [9.17, 15) is 0 Å². The fourth-order valence-corrected chi connectivity index (χ4v) is 7.38. The van der Waals surface area contributed by atoms with Crippen LogP contribution in [-0.2, 0) is 6.42 Å². The van der Waals surface area contributed by atoms with Gasteiger partial charge in [-0.05, 0) is 79.7 Å². The molecule has 2 unspecified atom stereocenters. The monoisotopic (exact) mass is 625 g/mol. The number of fused-ring (bicyclic) bond motifs is 9. The van der Waals surface area contributed by atoms with Crippen molar-refractivity contribution in [3.63, 3.8) is 0 Å². The van der Waals surface area contributed by atoms with Crippen molar-refractivity contribution in [2.75, 3.05) is 11.9 Å². The maximum absolute atomic E-state index is 6.79. The van der Waals surface area contributed by atoms with Crippen molar-refractivity contribution in [1.29, 1.82) is 0 Å². The molecule has 0 fully saturated rings. The van der Waals surface area contributed by atoms with Gasteiger partial charge in [0, 0.05) is 35.1 Å². The third-order valence-electron chi connectivity index (χ3n) is 9.85. The van der Waals surface area contributed by atoms with Gasteiger partial charge in [0.1, 0.15) is 28.6 Å². The number of allylic oxidation sites excluding steroid dienone is 2. The fourth-order valence-electron chi connectivity index (χ4n) is 7.38.